The predicted octanol–water partition coefficient (Wildman–Crippen LogP) is 6.43. The Bertz CT molecular complexity index is 1240. The largest absolute Gasteiger partial charge is 0.318 e. The first-order chi connectivity index (χ1) is 13.5. The summed E-state index contributed by atoms with van der Waals surface area (Å²) < 4.78 is 1.60. The molecule has 0 saturated heterocycles. The molecule has 28 heavy (non-hydrogen) atoms. The van der Waals surface area contributed by atoms with Crippen molar-refractivity contribution in [2.45, 2.75) is 0 Å². The molecule has 0 radical (unpaired) electrons. The van der Waals surface area contributed by atoms with Gasteiger partial charge in [-0.3, -0.25) is 4.79 Å². The maximum Gasteiger partial charge on any atom is 0.258 e. The summed E-state index contributed by atoms with van der Waals surface area (Å²) in [5.74, 6) is 0. The van der Waals surface area contributed by atoms with Gasteiger partial charge < -0.3 is 4.57 Å². The van der Waals surface area contributed by atoms with Crippen molar-refractivity contribution in [2.75, 3.05) is 0 Å². The molecule has 4 rings (SSSR count). The second-order valence-corrected chi connectivity index (χ2v) is 7.49. The van der Waals surface area contributed by atoms with Crippen LogP contribution >= 0.6 is 23.2 Å². The normalized spacial score (nSPS) is 11.8. The van der Waals surface area contributed by atoms with Crippen molar-refractivity contribution in [3.63, 3.8) is 0 Å². The monoisotopic (exact) mass is 405 g/mol. The zero-order valence-electron chi connectivity index (χ0n) is 15.2. The second kappa shape index (κ2) is 7.67. The molecule has 138 valence electrons. The van der Waals surface area contributed by atoms with Crippen LogP contribution < -0.4 is 5.56 Å². The van der Waals surface area contributed by atoms with Crippen LogP contribution in [-0.2, 0) is 7.05 Å². The van der Waals surface area contributed by atoms with E-state index in [9.17, 15) is 4.79 Å². The summed E-state index contributed by atoms with van der Waals surface area (Å²) in [6.07, 6.45) is 3.86. The Labute approximate surface area is 173 Å². The van der Waals surface area contributed by atoms with Crippen molar-refractivity contribution >= 4 is 45.6 Å². The van der Waals surface area contributed by atoms with Gasteiger partial charge in [0.25, 0.3) is 5.56 Å². The van der Waals surface area contributed by atoms with Gasteiger partial charge in [-0.15, -0.1) is 0 Å². The highest BCUT2D eigenvalue weighted by atomic mass is 35.5. The summed E-state index contributed by atoms with van der Waals surface area (Å²) in [5, 5.41) is 2.96. The van der Waals surface area contributed by atoms with Crippen LogP contribution in [0.1, 0.15) is 16.7 Å². The van der Waals surface area contributed by atoms with E-state index in [2.05, 4.69) is 6.08 Å². The molecule has 0 saturated carbocycles. The van der Waals surface area contributed by atoms with Crippen molar-refractivity contribution < 1.29 is 0 Å². The van der Waals surface area contributed by atoms with E-state index < -0.39 is 0 Å². The molecule has 0 N–H and O–H groups in total. The van der Waals surface area contributed by atoms with Crippen LogP contribution in [0.2, 0.25) is 10.0 Å². The Balaban J connectivity index is 2.03. The van der Waals surface area contributed by atoms with Crippen LogP contribution in [0.5, 0.6) is 0 Å². The summed E-state index contributed by atoms with van der Waals surface area (Å²) in [7, 11) is 1.77. The van der Waals surface area contributed by atoms with Crippen LogP contribution in [0.3, 0.4) is 0 Å². The highest BCUT2D eigenvalue weighted by Gasteiger charge is 2.13. The van der Waals surface area contributed by atoms with E-state index in [1.165, 1.54) is 0 Å². The first-order valence-corrected chi connectivity index (χ1v) is 9.60. The third-order valence-electron chi connectivity index (χ3n) is 4.74. The molecule has 0 fully saturated rings. The number of aromatic nitrogens is 1. The molecule has 4 heteroatoms. The summed E-state index contributed by atoms with van der Waals surface area (Å²) in [6.45, 7) is 0. The minimum atomic E-state index is -0.0240. The van der Waals surface area contributed by atoms with E-state index >= 15 is 0 Å². The first kappa shape index (κ1) is 18.5. The minimum absolute atomic E-state index is 0.0240. The number of aryl methyl sites for hydroxylation is 1. The molecule has 0 amide bonds. The van der Waals surface area contributed by atoms with Gasteiger partial charge in [0, 0.05) is 23.3 Å². The van der Waals surface area contributed by atoms with Gasteiger partial charge in [0.05, 0.1) is 5.39 Å². The Morgan fingerprint density at radius 3 is 2.18 bits per heavy atom. The summed E-state index contributed by atoms with van der Waals surface area (Å²) >= 11 is 12.1. The molecular formula is C24H17Cl2NO. The molecule has 0 aliphatic carbocycles. The molecule has 2 nitrogen and oxygen atoms in total. The zero-order chi connectivity index (χ0) is 19.7. The van der Waals surface area contributed by atoms with Crippen molar-refractivity contribution in [3.8, 4) is 0 Å². The molecule has 0 bridgehead atoms. The van der Waals surface area contributed by atoms with E-state index in [0.717, 1.165) is 27.6 Å². The lowest BCUT2D eigenvalue weighted by Gasteiger charge is -2.13. The van der Waals surface area contributed by atoms with E-state index in [0.29, 0.717) is 15.4 Å². The van der Waals surface area contributed by atoms with Gasteiger partial charge in [-0.1, -0.05) is 65.7 Å². The summed E-state index contributed by atoms with van der Waals surface area (Å²) in [6, 6.07) is 23.2. The highest BCUT2D eigenvalue weighted by Crippen LogP contribution is 2.31. The topological polar surface area (TPSA) is 22.0 Å². The maximum absolute atomic E-state index is 12.9. The van der Waals surface area contributed by atoms with Crippen molar-refractivity contribution in [2.24, 2.45) is 7.05 Å². The smallest absolute Gasteiger partial charge is 0.258 e. The van der Waals surface area contributed by atoms with Crippen LogP contribution in [0, 0.1) is 0 Å². The van der Waals surface area contributed by atoms with Crippen LogP contribution in [-0.4, -0.2) is 4.57 Å². The van der Waals surface area contributed by atoms with Crippen molar-refractivity contribution in [1.82, 2.24) is 4.57 Å². The van der Waals surface area contributed by atoms with E-state index in [1.54, 1.807) is 17.8 Å². The molecule has 4 aromatic rings. The molecule has 1 heterocycles. The summed E-state index contributed by atoms with van der Waals surface area (Å²) in [5.41, 5.74) is 3.80. The second-order valence-electron chi connectivity index (χ2n) is 6.62. The average Bonchev–Trinajstić information content (AvgIpc) is 2.71. The molecule has 0 aliphatic rings. The fraction of sp³-hybridized carbons (Fsp3) is 0.0417. The molecule has 0 atom stereocenters. The Hall–Kier alpha value is -2.81. The highest BCUT2D eigenvalue weighted by molar-refractivity contribution is 6.31. The number of halogens is 2. The molecule has 0 aliphatic heterocycles. The van der Waals surface area contributed by atoms with Gasteiger partial charge >= 0.3 is 0 Å². The van der Waals surface area contributed by atoms with E-state index in [-0.39, 0.29) is 5.56 Å². The molecule has 3 aromatic carbocycles. The lowest BCUT2D eigenvalue weighted by molar-refractivity contribution is 0.873. The van der Waals surface area contributed by atoms with Gasteiger partial charge in [-0.25, -0.2) is 0 Å². The lowest BCUT2D eigenvalue weighted by atomic mass is 9.92. The minimum Gasteiger partial charge on any atom is -0.318 e. The predicted molar refractivity (Wildman–Crippen MR) is 119 cm³/mol. The first-order valence-electron chi connectivity index (χ1n) is 8.85. The molecular weight excluding hydrogens is 389 g/mol. The number of nitrogens with zero attached hydrogens (tertiary/aromatic N) is 1. The van der Waals surface area contributed by atoms with Crippen LogP contribution in [0.25, 0.3) is 22.4 Å². The van der Waals surface area contributed by atoms with E-state index in [1.807, 2.05) is 72.8 Å². The fourth-order valence-electron chi connectivity index (χ4n) is 3.28. The van der Waals surface area contributed by atoms with Crippen LogP contribution in [0.15, 0.2) is 83.8 Å². The van der Waals surface area contributed by atoms with Gasteiger partial charge in [0.1, 0.15) is 0 Å². The Kier molecular flexibility index (Phi) is 5.08. The van der Waals surface area contributed by atoms with Gasteiger partial charge in [0.2, 0.25) is 0 Å². The van der Waals surface area contributed by atoms with Gasteiger partial charge in [-0.2, -0.15) is 0 Å². The third kappa shape index (κ3) is 3.62. The van der Waals surface area contributed by atoms with Gasteiger partial charge in [0.15, 0.2) is 0 Å². The van der Waals surface area contributed by atoms with Crippen molar-refractivity contribution in [1.29, 1.82) is 0 Å². The Morgan fingerprint density at radius 2 is 1.50 bits per heavy atom. The third-order valence-corrected chi connectivity index (χ3v) is 5.24. The fourth-order valence-corrected chi connectivity index (χ4v) is 3.53. The number of hydrogen-bond donors (Lipinski definition) is 0. The number of benzene rings is 3. The number of pyridine rings is 1. The Morgan fingerprint density at radius 1 is 0.857 bits per heavy atom. The number of fused-ring (bicyclic) bond motifs is 1. The van der Waals surface area contributed by atoms with Gasteiger partial charge in [-0.05, 0) is 64.1 Å². The quantitative estimate of drug-likeness (QED) is 0.359. The SMILES string of the molecule is Cn1ccc2cccc(/C(=C/c3ccc(Cl)cc3)c3ccc(Cl)cc3)c2c1=O. The summed E-state index contributed by atoms with van der Waals surface area (Å²) in [4.78, 5) is 12.9. The standard InChI is InChI=1S/C24H17Cl2NO/c1-27-14-13-18-3-2-4-21(23(18)24(27)28)22(17-7-11-20(26)12-8-17)15-16-5-9-19(25)10-6-16/h2-15H,1H3/b22-15+. The zero-order valence-corrected chi connectivity index (χ0v) is 16.7. The molecule has 1 aromatic heterocycles. The lowest BCUT2D eigenvalue weighted by Crippen LogP contribution is -2.16. The number of rotatable bonds is 3. The average molecular weight is 406 g/mol. The van der Waals surface area contributed by atoms with E-state index in [4.69, 9.17) is 23.2 Å². The maximum atomic E-state index is 12.9. The van der Waals surface area contributed by atoms with Crippen molar-refractivity contribution in [3.05, 3.63) is 116 Å². The molecule has 0 unspecified atom stereocenters. The van der Waals surface area contributed by atoms with Crippen LogP contribution in [0.4, 0.5) is 0 Å². The molecule has 0 spiro atoms. The number of hydrogen-bond acceptors (Lipinski definition) is 1.